The topological polar surface area (TPSA) is 26.3 Å². The Balaban J connectivity index is 2.33. The summed E-state index contributed by atoms with van der Waals surface area (Å²) in [7, 11) is 0. The van der Waals surface area contributed by atoms with Crippen LogP contribution in [0.1, 0.15) is 28.4 Å². The number of hydrogen-bond donors (Lipinski definition) is 0. The number of benzene rings is 2. The standard InChI is InChI=1S/C16H14BrClO2/c1-11(19)20-10-13-7-8-14(18)9-15(13)16(17)12-5-3-2-4-6-12/h2-9,16H,10H2,1H3. The largest absolute Gasteiger partial charge is 0.461 e. The highest BCUT2D eigenvalue weighted by Gasteiger charge is 2.15. The molecule has 104 valence electrons. The van der Waals surface area contributed by atoms with Crippen LogP contribution in [0.25, 0.3) is 0 Å². The molecule has 2 aromatic carbocycles. The highest BCUT2D eigenvalue weighted by atomic mass is 79.9. The Bertz CT molecular complexity index is 599. The van der Waals surface area contributed by atoms with Crippen molar-refractivity contribution in [3.05, 3.63) is 70.2 Å². The molecular weight excluding hydrogens is 340 g/mol. The first kappa shape index (κ1) is 15.1. The number of rotatable bonds is 4. The van der Waals surface area contributed by atoms with Gasteiger partial charge in [-0.15, -0.1) is 0 Å². The lowest BCUT2D eigenvalue weighted by Crippen LogP contribution is -2.04. The second-order valence-corrected chi connectivity index (χ2v) is 5.75. The smallest absolute Gasteiger partial charge is 0.302 e. The molecule has 0 N–H and O–H groups in total. The van der Waals surface area contributed by atoms with Crippen LogP contribution >= 0.6 is 27.5 Å². The predicted octanol–water partition coefficient (Wildman–Crippen LogP) is 4.89. The Morgan fingerprint density at radius 3 is 2.60 bits per heavy atom. The Labute approximate surface area is 131 Å². The molecule has 1 atom stereocenters. The lowest BCUT2D eigenvalue weighted by atomic mass is 10.00. The molecule has 2 nitrogen and oxygen atoms in total. The minimum absolute atomic E-state index is 0.00737. The third kappa shape index (κ3) is 3.84. The van der Waals surface area contributed by atoms with Gasteiger partial charge in [-0.05, 0) is 28.8 Å². The fraction of sp³-hybridized carbons (Fsp3) is 0.188. The van der Waals surface area contributed by atoms with Gasteiger partial charge in [0.15, 0.2) is 0 Å². The van der Waals surface area contributed by atoms with E-state index >= 15 is 0 Å². The van der Waals surface area contributed by atoms with Crippen LogP contribution in [0.5, 0.6) is 0 Å². The van der Waals surface area contributed by atoms with E-state index in [2.05, 4.69) is 15.9 Å². The van der Waals surface area contributed by atoms with E-state index in [-0.39, 0.29) is 17.4 Å². The molecule has 0 radical (unpaired) electrons. The van der Waals surface area contributed by atoms with Crippen molar-refractivity contribution in [3.8, 4) is 0 Å². The number of hydrogen-bond acceptors (Lipinski definition) is 2. The molecule has 4 heteroatoms. The molecular formula is C16H14BrClO2. The zero-order valence-electron chi connectivity index (χ0n) is 11.0. The average molecular weight is 354 g/mol. The van der Waals surface area contributed by atoms with Crippen molar-refractivity contribution in [1.29, 1.82) is 0 Å². The molecule has 1 unspecified atom stereocenters. The molecule has 0 heterocycles. The maximum Gasteiger partial charge on any atom is 0.302 e. The number of ether oxygens (including phenoxy) is 1. The van der Waals surface area contributed by atoms with Gasteiger partial charge in [-0.25, -0.2) is 0 Å². The van der Waals surface area contributed by atoms with Crippen molar-refractivity contribution in [2.75, 3.05) is 0 Å². The highest BCUT2D eigenvalue weighted by Crippen LogP contribution is 2.34. The molecule has 0 bridgehead atoms. The lowest BCUT2D eigenvalue weighted by Gasteiger charge is -2.16. The highest BCUT2D eigenvalue weighted by molar-refractivity contribution is 9.09. The van der Waals surface area contributed by atoms with Gasteiger partial charge in [0.05, 0.1) is 4.83 Å². The molecule has 2 rings (SSSR count). The fourth-order valence-corrected chi connectivity index (χ4v) is 2.83. The average Bonchev–Trinajstić information content (AvgIpc) is 2.46. The molecule has 0 saturated heterocycles. The number of halogens is 2. The molecule has 0 aliphatic heterocycles. The molecule has 0 saturated carbocycles. The van der Waals surface area contributed by atoms with Crippen LogP contribution in [0.3, 0.4) is 0 Å². The Hall–Kier alpha value is -1.32. The summed E-state index contributed by atoms with van der Waals surface area (Å²) in [5.41, 5.74) is 3.07. The van der Waals surface area contributed by atoms with Gasteiger partial charge in [0.2, 0.25) is 0 Å². The summed E-state index contributed by atoms with van der Waals surface area (Å²) in [6.45, 7) is 1.65. The molecule has 0 aromatic heterocycles. The van der Waals surface area contributed by atoms with E-state index in [0.29, 0.717) is 5.02 Å². The van der Waals surface area contributed by atoms with Gasteiger partial charge >= 0.3 is 5.97 Å². The fourth-order valence-electron chi connectivity index (χ4n) is 1.91. The SMILES string of the molecule is CC(=O)OCc1ccc(Cl)cc1C(Br)c1ccccc1. The van der Waals surface area contributed by atoms with Crippen LogP contribution in [0.2, 0.25) is 5.02 Å². The number of carbonyl (C=O) groups is 1. The molecule has 0 aliphatic rings. The summed E-state index contributed by atoms with van der Waals surface area (Å²) in [5.74, 6) is -0.295. The first-order chi connectivity index (χ1) is 9.58. The second kappa shape index (κ2) is 6.91. The van der Waals surface area contributed by atoms with Gasteiger partial charge in [-0.2, -0.15) is 0 Å². The summed E-state index contributed by atoms with van der Waals surface area (Å²) in [6.07, 6.45) is 0. The van der Waals surface area contributed by atoms with Crippen molar-refractivity contribution in [3.63, 3.8) is 0 Å². The number of alkyl halides is 1. The zero-order chi connectivity index (χ0) is 14.5. The molecule has 0 fully saturated rings. The van der Waals surface area contributed by atoms with Crippen LogP contribution in [-0.4, -0.2) is 5.97 Å². The molecule has 2 aromatic rings. The molecule has 0 spiro atoms. The van der Waals surface area contributed by atoms with Gasteiger partial charge < -0.3 is 4.74 Å². The van der Waals surface area contributed by atoms with Crippen LogP contribution in [0.4, 0.5) is 0 Å². The van der Waals surface area contributed by atoms with E-state index in [1.165, 1.54) is 6.92 Å². The van der Waals surface area contributed by atoms with E-state index in [9.17, 15) is 4.79 Å². The molecule has 20 heavy (non-hydrogen) atoms. The summed E-state index contributed by atoms with van der Waals surface area (Å²) < 4.78 is 5.09. The summed E-state index contributed by atoms with van der Waals surface area (Å²) in [4.78, 5) is 11.0. The van der Waals surface area contributed by atoms with Crippen molar-refractivity contribution < 1.29 is 9.53 Å². The van der Waals surface area contributed by atoms with Gasteiger partial charge in [-0.1, -0.05) is 63.9 Å². The summed E-state index contributed by atoms with van der Waals surface area (Å²) >= 11 is 9.77. The van der Waals surface area contributed by atoms with E-state index in [1.54, 1.807) is 6.07 Å². The minimum atomic E-state index is -0.295. The van der Waals surface area contributed by atoms with Crippen LogP contribution in [-0.2, 0) is 16.1 Å². The normalized spacial score (nSPS) is 11.9. The van der Waals surface area contributed by atoms with E-state index in [4.69, 9.17) is 16.3 Å². The first-order valence-electron chi connectivity index (χ1n) is 6.18. The Morgan fingerprint density at radius 2 is 1.95 bits per heavy atom. The second-order valence-electron chi connectivity index (χ2n) is 4.40. The van der Waals surface area contributed by atoms with Crippen molar-refractivity contribution >= 4 is 33.5 Å². The summed E-state index contributed by atoms with van der Waals surface area (Å²) in [5, 5.41) is 0.659. The van der Waals surface area contributed by atoms with Gasteiger partial charge in [-0.3, -0.25) is 4.79 Å². The molecule has 0 amide bonds. The minimum Gasteiger partial charge on any atom is -0.461 e. The van der Waals surface area contributed by atoms with Crippen LogP contribution in [0.15, 0.2) is 48.5 Å². The Kier molecular flexibility index (Phi) is 5.21. The third-order valence-corrected chi connectivity index (χ3v) is 4.16. The van der Waals surface area contributed by atoms with Gasteiger partial charge in [0.25, 0.3) is 0 Å². The monoisotopic (exact) mass is 352 g/mol. The van der Waals surface area contributed by atoms with E-state index in [1.807, 2.05) is 42.5 Å². The maximum absolute atomic E-state index is 11.0. The Morgan fingerprint density at radius 1 is 1.25 bits per heavy atom. The van der Waals surface area contributed by atoms with Crippen molar-refractivity contribution in [2.45, 2.75) is 18.4 Å². The van der Waals surface area contributed by atoms with Gasteiger partial charge in [0, 0.05) is 11.9 Å². The van der Waals surface area contributed by atoms with E-state index < -0.39 is 0 Å². The van der Waals surface area contributed by atoms with Crippen LogP contribution < -0.4 is 0 Å². The van der Waals surface area contributed by atoms with Crippen molar-refractivity contribution in [1.82, 2.24) is 0 Å². The first-order valence-corrected chi connectivity index (χ1v) is 7.48. The van der Waals surface area contributed by atoms with Gasteiger partial charge in [0.1, 0.15) is 6.61 Å². The lowest BCUT2D eigenvalue weighted by molar-refractivity contribution is -0.142. The number of carbonyl (C=O) groups excluding carboxylic acids is 1. The summed E-state index contributed by atoms with van der Waals surface area (Å²) in [6, 6.07) is 15.6. The quantitative estimate of drug-likeness (QED) is 0.578. The van der Waals surface area contributed by atoms with Crippen LogP contribution in [0, 0.1) is 0 Å². The van der Waals surface area contributed by atoms with E-state index in [0.717, 1.165) is 16.7 Å². The van der Waals surface area contributed by atoms with Crippen molar-refractivity contribution in [2.24, 2.45) is 0 Å². The third-order valence-electron chi connectivity index (χ3n) is 2.90. The predicted molar refractivity (Wildman–Crippen MR) is 84.1 cm³/mol. The zero-order valence-corrected chi connectivity index (χ0v) is 13.3. The maximum atomic E-state index is 11.0. The number of esters is 1. The molecule has 0 aliphatic carbocycles.